The Balaban J connectivity index is 2.08. The summed E-state index contributed by atoms with van der Waals surface area (Å²) in [5, 5.41) is 3.66. The molecule has 2 amide bonds. The summed E-state index contributed by atoms with van der Waals surface area (Å²) >= 11 is 11.9. The molecule has 0 saturated heterocycles. The summed E-state index contributed by atoms with van der Waals surface area (Å²) in [6, 6.07) is 12.3. The van der Waals surface area contributed by atoms with Crippen LogP contribution in [-0.4, -0.2) is 6.03 Å². The minimum Gasteiger partial charge on any atom is -0.307 e. The number of rotatable bonds is 1. The number of fused-ring (bicyclic) bond motifs is 1. The number of carbonyl (C=O) groups excluding carboxylic acids is 1. The normalized spacial score (nSPS) is 14.0. The van der Waals surface area contributed by atoms with E-state index in [-0.39, 0.29) is 6.03 Å². The molecule has 1 aliphatic rings. The second kappa shape index (κ2) is 4.85. The van der Waals surface area contributed by atoms with Gasteiger partial charge in [-0.1, -0.05) is 48.0 Å². The molecule has 0 aliphatic carbocycles. The van der Waals surface area contributed by atoms with Crippen LogP contribution in [-0.2, 0) is 0 Å². The van der Waals surface area contributed by atoms with E-state index in [1.54, 1.807) is 18.2 Å². The van der Waals surface area contributed by atoms with Crippen LogP contribution in [0.25, 0.3) is 5.70 Å². The number of carbonyl (C=O) groups is 1. The first-order valence-corrected chi connectivity index (χ1v) is 6.68. The molecular weight excluding hydrogens is 295 g/mol. The van der Waals surface area contributed by atoms with Crippen LogP contribution in [0.15, 0.2) is 49.0 Å². The molecule has 0 unspecified atom stereocenters. The van der Waals surface area contributed by atoms with Gasteiger partial charge in [0.15, 0.2) is 0 Å². The number of hydrogen-bond acceptors (Lipinski definition) is 1. The number of nitrogens with zero attached hydrogens (tertiary/aromatic N) is 1. The first kappa shape index (κ1) is 13.0. The van der Waals surface area contributed by atoms with Gasteiger partial charge in [0.05, 0.1) is 27.1 Å². The van der Waals surface area contributed by atoms with E-state index in [1.807, 2.05) is 24.3 Å². The van der Waals surface area contributed by atoms with Gasteiger partial charge in [-0.25, -0.2) is 4.79 Å². The van der Waals surface area contributed by atoms with Gasteiger partial charge >= 0.3 is 6.03 Å². The number of para-hydroxylation sites is 1. The summed E-state index contributed by atoms with van der Waals surface area (Å²) in [6.45, 7) is 4.00. The quantitative estimate of drug-likeness (QED) is 0.788. The van der Waals surface area contributed by atoms with Crippen molar-refractivity contribution in [2.75, 3.05) is 10.2 Å². The van der Waals surface area contributed by atoms with Gasteiger partial charge in [-0.05, 0) is 24.3 Å². The van der Waals surface area contributed by atoms with Crippen molar-refractivity contribution in [2.24, 2.45) is 0 Å². The topological polar surface area (TPSA) is 32.3 Å². The van der Waals surface area contributed by atoms with Crippen LogP contribution in [0.1, 0.15) is 5.56 Å². The van der Waals surface area contributed by atoms with Crippen LogP contribution in [0.5, 0.6) is 0 Å². The van der Waals surface area contributed by atoms with Gasteiger partial charge in [-0.3, -0.25) is 4.90 Å². The summed E-state index contributed by atoms with van der Waals surface area (Å²) in [7, 11) is 0. The average molecular weight is 305 g/mol. The number of hydrogen-bond donors (Lipinski definition) is 1. The van der Waals surface area contributed by atoms with Crippen molar-refractivity contribution in [3.63, 3.8) is 0 Å². The van der Waals surface area contributed by atoms with Gasteiger partial charge in [0.1, 0.15) is 0 Å². The molecule has 2 aromatic carbocycles. The summed E-state index contributed by atoms with van der Waals surface area (Å²) in [5.74, 6) is 0. The fourth-order valence-corrected chi connectivity index (χ4v) is 2.45. The Bertz CT molecular complexity index is 728. The predicted octanol–water partition coefficient (Wildman–Crippen LogP) is 5.02. The van der Waals surface area contributed by atoms with Crippen molar-refractivity contribution in [3.05, 3.63) is 64.7 Å². The highest BCUT2D eigenvalue weighted by Crippen LogP contribution is 2.36. The summed E-state index contributed by atoms with van der Waals surface area (Å²) in [4.78, 5) is 13.7. The van der Waals surface area contributed by atoms with Crippen molar-refractivity contribution < 1.29 is 4.79 Å². The Kier molecular flexibility index (Phi) is 3.16. The van der Waals surface area contributed by atoms with Crippen molar-refractivity contribution in [1.82, 2.24) is 0 Å². The lowest BCUT2D eigenvalue weighted by Gasteiger charge is -2.31. The van der Waals surface area contributed by atoms with Gasteiger partial charge < -0.3 is 5.32 Å². The first-order valence-electron chi connectivity index (χ1n) is 5.92. The number of amides is 2. The molecule has 0 fully saturated rings. The minimum atomic E-state index is -0.271. The van der Waals surface area contributed by atoms with Crippen LogP contribution in [0, 0.1) is 0 Å². The van der Waals surface area contributed by atoms with E-state index < -0.39 is 0 Å². The van der Waals surface area contributed by atoms with E-state index in [2.05, 4.69) is 11.9 Å². The van der Waals surface area contributed by atoms with Gasteiger partial charge in [0.2, 0.25) is 0 Å². The van der Waals surface area contributed by atoms with Crippen LogP contribution in [0.3, 0.4) is 0 Å². The molecule has 3 nitrogen and oxygen atoms in total. The molecule has 0 aromatic heterocycles. The fourth-order valence-electron chi connectivity index (χ4n) is 2.16. The minimum absolute atomic E-state index is 0.271. The number of halogens is 2. The maximum Gasteiger partial charge on any atom is 0.330 e. The van der Waals surface area contributed by atoms with Gasteiger partial charge in [-0.2, -0.15) is 0 Å². The third-order valence-electron chi connectivity index (χ3n) is 3.11. The van der Waals surface area contributed by atoms with Crippen molar-refractivity contribution in [2.45, 2.75) is 0 Å². The van der Waals surface area contributed by atoms with Gasteiger partial charge in [0, 0.05) is 5.56 Å². The molecule has 1 N–H and O–H groups in total. The van der Waals surface area contributed by atoms with E-state index in [1.165, 1.54) is 4.90 Å². The van der Waals surface area contributed by atoms with Crippen LogP contribution in [0.2, 0.25) is 10.0 Å². The summed E-state index contributed by atoms with van der Waals surface area (Å²) in [5.41, 5.74) is 2.84. The highest BCUT2D eigenvalue weighted by molar-refractivity contribution is 6.42. The zero-order valence-corrected chi connectivity index (χ0v) is 11.9. The lowest BCUT2D eigenvalue weighted by molar-refractivity contribution is 0.259. The first-order chi connectivity index (χ1) is 9.58. The van der Waals surface area contributed by atoms with Crippen molar-refractivity contribution in [1.29, 1.82) is 0 Å². The van der Waals surface area contributed by atoms with Crippen molar-refractivity contribution in [3.8, 4) is 0 Å². The molecule has 0 radical (unpaired) electrons. The zero-order chi connectivity index (χ0) is 14.3. The molecule has 0 saturated carbocycles. The molecule has 0 spiro atoms. The van der Waals surface area contributed by atoms with Crippen LogP contribution >= 0.6 is 23.2 Å². The van der Waals surface area contributed by atoms with E-state index in [0.29, 0.717) is 21.4 Å². The maximum absolute atomic E-state index is 12.2. The molecule has 20 heavy (non-hydrogen) atoms. The lowest BCUT2D eigenvalue weighted by Crippen LogP contribution is -2.37. The van der Waals surface area contributed by atoms with Crippen LogP contribution in [0.4, 0.5) is 16.2 Å². The Hall–Kier alpha value is -1.97. The smallest absolute Gasteiger partial charge is 0.307 e. The second-order valence-corrected chi connectivity index (χ2v) is 5.17. The molecular formula is C15H10Cl2N2O. The summed E-state index contributed by atoms with van der Waals surface area (Å²) in [6.07, 6.45) is 0. The van der Waals surface area contributed by atoms with Crippen molar-refractivity contribution >= 4 is 46.3 Å². The van der Waals surface area contributed by atoms with Gasteiger partial charge in [-0.15, -0.1) is 0 Å². The third-order valence-corrected chi connectivity index (χ3v) is 3.85. The molecule has 3 rings (SSSR count). The molecule has 1 heterocycles. The molecule has 5 heteroatoms. The zero-order valence-electron chi connectivity index (χ0n) is 10.4. The highest BCUT2D eigenvalue weighted by atomic mass is 35.5. The SMILES string of the molecule is C=C1c2ccccc2NC(=O)N1c1ccc(Cl)c(Cl)c1. The average Bonchev–Trinajstić information content (AvgIpc) is 2.43. The number of urea groups is 1. The Morgan fingerprint density at radius 2 is 1.80 bits per heavy atom. The Morgan fingerprint density at radius 1 is 1.05 bits per heavy atom. The molecule has 1 aliphatic heterocycles. The van der Waals surface area contributed by atoms with E-state index in [9.17, 15) is 4.79 Å². The number of nitrogens with one attached hydrogen (secondary N) is 1. The Morgan fingerprint density at radius 3 is 2.55 bits per heavy atom. The van der Waals surface area contributed by atoms with E-state index >= 15 is 0 Å². The number of anilines is 2. The fraction of sp³-hybridized carbons (Fsp3) is 0. The number of benzene rings is 2. The second-order valence-electron chi connectivity index (χ2n) is 4.36. The van der Waals surface area contributed by atoms with Gasteiger partial charge in [0.25, 0.3) is 0 Å². The molecule has 100 valence electrons. The molecule has 2 aromatic rings. The molecule has 0 atom stereocenters. The van der Waals surface area contributed by atoms with E-state index in [0.717, 1.165) is 11.3 Å². The third kappa shape index (κ3) is 2.05. The Labute approximate surface area is 126 Å². The monoisotopic (exact) mass is 304 g/mol. The molecule has 0 bridgehead atoms. The standard InChI is InChI=1S/C15H10Cl2N2O/c1-9-11-4-2-3-5-14(11)18-15(20)19(9)10-6-7-12(16)13(17)8-10/h2-8H,1H2,(H,18,20). The van der Waals surface area contributed by atoms with E-state index in [4.69, 9.17) is 23.2 Å². The maximum atomic E-state index is 12.2. The largest absolute Gasteiger partial charge is 0.330 e. The lowest BCUT2D eigenvalue weighted by atomic mass is 10.1. The van der Waals surface area contributed by atoms with Crippen LogP contribution < -0.4 is 10.2 Å². The predicted molar refractivity (Wildman–Crippen MR) is 83.4 cm³/mol. The highest BCUT2D eigenvalue weighted by Gasteiger charge is 2.27. The summed E-state index contributed by atoms with van der Waals surface area (Å²) < 4.78 is 0.